The van der Waals surface area contributed by atoms with Gasteiger partial charge in [-0.3, -0.25) is 4.98 Å². The van der Waals surface area contributed by atoms with Gasteiger partial charge in [-0.15, -0.1) is 4.36 Å². The van der Waals surface area contributed by atoms with Crippen LogP contribution in [0, 0.1) is 0 Å². The van der Waals surface area contributed by atoms with E-state index in [1.807, 2.05) is 0 Å². The molecule has 31 heavy (non-hydrogen) atoms. The van der Waals surface area contributed by atoms with E-state index in [0.29, 0.717) is 5.56 Å². The van der Waals surface area contributed by atoms with Crippen molar-refractivity contribution in [2.24, 2.45) is 9.50 Å². The van der Waals surface area contributed by atoms with Gasteiger partial charge in [0.2, 0.25) is 0 Å². The lowest BCUT2D eigenvalue weighted by molar-refractivity contribution is 0.0782. The number of hydrogen-bond acceptors (Lipinski definition) is 5. The fraction of sp³-hybridized carbons (Fsp3) is 0.500. The van der Waals surface area contributed by atoms with Crippen LogP contribution in [0.25, 0.3) is 0 Å². The van der Waals surface area contributed by atoms with Crippen LogP contribution in [0.4, 0.5) is 10.5 Å². The van der Waals surface area contributed by atoms with Crippen molar-refractivity contribution >= 4 is 21.6 Å². The quantitative estimate of drug-likeness (QED) is 0.669. The Kier molecular flexibility index (Phi) is 5.19. The highest BCUT2D eigenvalue weighted by Crippen LogP contribution is 2.44. The van der Waals surface area contributed by atoms with Crippen LogP contribution in [0.5, 0.6) is 0 Å². The Balaban J connectivity index is 1.70. The Labute approximate surface area is 183 Å². The molecule has 0 spiro atoms. The largest absolute Gasteiger partial charge is 0.386 e. The summed E-state index contributed by atoms with van der Waals surface area (Å²) in [5, 5.41) is 18.9. The molecule has 2 amide bonds. The molecule has 0 aliphatic heterocycles. The summed E-state index contributed by atoms with van der Waals surface area (Å²) in [6.45, 7) is 7.52. The number of fused-ring (bicyclic) bond motifs is 2. The third kappa shape index (κ3) is 4.09. The Morgan fingerprint density at radius 2 is 2.03 bits per heavy atom. The molecule has 2 aliphatic carbocycles. The lowest BCUT2D eigenvalue weighted by Gasteiger charge is -2.20. The molecule has 0 bridgehead atoms. The molecule has 4 N–H and O–H groups in total. The van der Waals surface area contributed by atoms with E-state index < -0.39 is 21.5 Å². The summed E-state index contributed by atoms with van der Waals surface area (Å²) in [6.07, 6.45) is 5.91. The second kappa shape index (κ2) is 7.36. The van der Waals surface area contributed by atoms with Crippen LogP contribution in [-0.2, 0) is 40.2 Å². The number of pyridine rings is 2. The lowest BCUT2D eigenvalue weighted by Crippen LogP contribution is -2.22. The zero-order chi connectivity index (χ0) is 22.6. The molecule has 166 valence electrons. The maximum atomic E-state index is 13.0. The minimum Gasteiger partial charge on any atom is -0.386 e. The molecular formula is C22H29N5O3S. The summed E-state index contributed by atoms with van der Waals surface area (Å²) in [6, 6.07) is 2.25. The first kappa shape index (κ1) is 21.9. The lowest BCUT2D eigenvalue weighted by atomic mass is 9.90. The first-order chi connectivity index (χ1) is 14.4. The number of nitrogens with one attached hydrogen (secondary N) is 1. The van der Waals surface area contributed by atoms with Crippen LogP contribution in [0.15, 0.2) is 27.7 Å². The van der Waals surface area contributed by atoms with Crippen LogP contribution in [0.3, 0.4) is 0 Å². The molecular weight excluding hydrogens is 414 g/mol. The average Bonchev–Trinajstić information content (AvgIpc) is 3.25. The fourth-order valence-corrected chi connectivity index (χ4v) is 5.28. The van der Waals surface area contributed by atoms with E-state index in [1.54, 1.807) is 19.9 Å². The number of amides is 2. The van der Waals surface area contributed by atoms with Crippen LogP contribution in [-0.4, -0.2) is 25.3 Å². The Morgan fingerprint density at radius 3 is 2.74 bits per heavy atom. The summed E-state index contributed by atoms with van der Waals surface area (Å²) < 4.78 is 16.8. The van der Waals surface area contributed by atoms with Gasteiger partial charge in [0, 0.05) is 17.3 Å². The maximum Gasteiger partial charge on any atom is 0.354 e. The number of nitrogens with zero attached hydrogens (tertiary/aromatic N) is 3. The van der Waals surface area contributed by atoms with Gasteiger partial charge in [0.1, 0.15) is 0 Å². The molecule has 2 aliphatic rings. The zero-order valence-corrected chi connectivity index (χ0v) is 19.2. The van der Waals surface area contributed by atoms with Gasteiger partial charge in [-0.2, -0.15) is 0 Å². The van der Waals surface area contributed by atoms with Gasteiger partial charge < -0.3 is 10.4 Å². The highest BCUT2D eigenvalue weighted by Gasteiger charge is 2.36. The number of hydrogen-bond donors (Lipinski definition) is 3. The Bertz CT molecular complexity index is 1190. The van der Waals surface area contributed by atoms with Crippen LogP contribution < -0.4 is 10.5 Å². The third-order valence-electron chi connectivity index (χ3n) is 6.16. The number of aromatic nitrogens is 2. The summed E-state index contributed by atoms with van der Waals surface area (Å²) in [4.78, 5) is 21.7. The van der Waals surface area contributed by atoms with Gasteiger partial charge in [-0.25, -0.2) is 19.1 Å². The summed E-state index contributed by atoms with van der Waals surface area (Å²) >= 11 is 0. The predicted molar refractivity (Wildman–Crippen MR) is 119 cm³/mol. The van der Waals surface area contributed by atoms with E-state index in [4.69, 9.17) is 10.1 Å². The van der Waals surface area contributed by atoms with E-state index >= 15 is 0 Å². The number of aryl methyl sites for hydroxylation is 1. The number of anilines is 1. The molecule has 0 aromatic carbocycles. The van der Waals surface area contributed by atoms with Crippen molar-refractivity contribution in [1.82, 2.24) is 9.97 Å². The van der Waals surface area contributed by atoms with Gasteiger partial charge in [-0.05, 0) is 74.8 Å². The standard InChI is InChI=1S/C22H29N5O3S/c1-21(2)10-8-15-18(14-6-5-7-16(14)25-19(15)21)26-20(28)27-31(23,30)17-12-13(9-11-24-17)22(3,4)29/h9,11-12,29H,5-8,10H2,1-4H3,(H3,23,25,26,27,28,30)/t31-/m0/s1. The SMILES string of the molecule is CC(C)(O)c1ccnc([S@@](N)(=O)=NC(=O)Nc2c3c(nc4c2CCC4(C)C)CCC3)c1. The summed E-state index contributed by atoms with van der Waals surface area (Å²) in [5.74, 6) is 0. The molecule has 8 nitrogen and oxygen atoms in total. The van der Waals surface area contributed by atoms with Crippen molar-refractivity contribution in [3.63, 3.8) is 0 Å². The first-order valence-corrected chi connectivity index (χ1v) is 12.1. The minimum absolute atomic E-state index is 0.0476. The van der Waals surface area contributed by atoms with E-state index in [-0.39, 0.29) is 10.4 Å². The molecule has 0 saturated heterocycles. The topological polar surface area (TPSA) is 131 Å². The highest BCUT2D eigenvalue weighted by atomic mass is 32.2. The van der Waals surface area contributed by atoms with E-state index in [1.165, 1.54) is 12.3 Å². The van der Waals surface area contributed by atoms with Crippen molar-refractivity contribution in [1.29, 1.82) is 0 Å². The number of aliphatic hydroxyl groups is 1. The Morgan fingerprint density at radius 1 is 1.29 bits per heavy atom. The molecule has 0 unspecified atom stereocenters. The second-order valence-corrected chi connectivity index (χ2v) is 11.2. The molecule has 0 radical (unpaired) electrons. The van der Waals surface area contributed by atoms with Crippen molar-refractivity contribution in [3.05, 3.63) is 46.4 Å². The molecule has 0 fully saturated rings. The van der Waals surface area contributed by atoms with Crippen LogP contribution in [0.1, 0.15) is 68.6 Å². The van der Waals surface area contributed by atoms with E-state index in [2.05, 4.69) is 28.5 Å². The molecule has 9 heteroatoms. The van der Waals surface area contributed by atoms with Gasteiger partial charge in [0.15, 0.2) is 14.9 Å². The number of rotatable bonds is 3. The molecule has 4 rings (SSSR count). The second-order valence-electron chi connectivity index (χ2n) is 9.51. The molecule has 0 saturated carbocycles. The molecule has 2 aromatic rings. The maximum absolute atomic E-state index is 13.0. The van der Waals surface area contributed by atoms with Gasteiger partial charge in [-0.1, -0.05) is 13.8 Å². The number of carbonyl (C=O) groups is 1. The molecule has 2 heterocycles. The normalized spacial score (nSPS) is 18.8. The summed E-state index contributed by atoms with van der Waals surface area (Å²) in [5.41, 5.74) is 4.16. The minimum atomic E-state index is -3.59. The van der Waals surface area contributed by atoms with Crippen molar-refractivity contribution in [2.45, 2.75) is 75.8 Å². The van der Waals surface area contributed by atoms with Crippen LogP contribution in [0.2, 0.25) is 0 Å². The average molecular weight is 444 g/mol. The molecule has 1 atom stereocenters. The predicted octanol–water partition coefficient (Wildman–Crippen LogP) is 3.35. The number of carbonyl (C=O) groups excluding carboxylic acids is 1. The monoisotopic (exact) mass is 443 g/mol. The zero-order valence-electron chi connectivity index (χ0n) is 18.4. The van der Waals surface area contributed by atoms with Crippen LogP contribution >= 0.6 is 0 Å². The van der Waals surface area contributed by atoms with Gasteiger partial charge in [0.25, 0.3) is 0 Å². The summed E-state index contributed by atoms with van der Waals surface area (Å²) in [7, 11) is -3.59. The first-order valence-electron chi connectivity index (χ1n) is 10.5. The molecule has 2 aromatic heterocycles. The van der Waals surface area contributed by atoms with E-state index in [0.717, 1.165) is 60.3 Å². The number of nitrogens with two attached hydrogens (primary N) is 1. The van der Waals surface area contributed by atoms with Crippen molar-refractivity contribution in [2.75, 3.05) is 5.32 Å². The smallest absolute Gasteiger partial charge is 0.354 e. The van der Waals surface area contributed by atoms with E-state index in [9.17, 15) is 14.1 Å². The number of urea groups is 1. The van der Waals surface area contributed by atoms with Crippen molar-refractivity contribution in [3.8, 4) is 0 Å². The fourth-order valence-electron chi connectivity index (χ4n) is 4.38. The highest BCUT2D eigenvalue weighted by molar-refractivity contribution is 7.91. The van der Waals surface area contributed by atoms with Crippen molar-refractivity contribution < 1.29 is 14.1 Å². The van der Waals surface area contributed by atoms with Gasteiger partial charge >= 0.3 is 6.03 Å². The van der Waals surface area contributed by atoms with Gasteiger partial charge in [0.05, 0.1) is 17.0 Å². The third-order valence-corrected chi connectivity index (χ3v) is 7.42. The Hall–Kier alpha value is -2.36.